The van der Waals surface area contributed by atoms with Crippen LogP contribution in [0.3, 0.4) is 0 Å². The third-order valence-electron chi connectivity index (χ3n) is 5.90. The molecule has 1 fully saturated rings. The van der Waals surface area contributed by atoms with E-state index in [1.165, 1.54) is 16.7 Å². The van der Waals surface area contributed by atoms with Crippen LogP contribution in [0.4, 0.5) is 0 Å². The van der Waals surface area contributed by atoms with E-state index >= 15 is 0 Å². The molecule has 1 saturated heterocycles. The van der Waals surface area contributed by atoms with E-state index in [1.807, 2.05) is 12.1 Å². The van der Waals surface area contributed by atoms with Gasteiger partial charge in [-0.15, -0.1) is 0 Å². The summed E-state index contributed by atoms with van der Waals surface area (Å²) in [4.78, 5) is 15.6. The van der Waals surface area contributed by atoms with Crippen LogP contribution in [-0.4, -0.2) is 30.4 Å². The van der Waals surface area contributed by atoms with Crippen LogP contribution in [0.25, 0.3) is 0 Å². The van der Waals surface area contributed by atoms with Crippen LogP contribution in [0, 0.1) is 5.92 Å². The first kappa shape index (κ1) is 16.3. The summed E-state index contributed by atoms with van der Waals surface area (Å²) < 4.78 is 5.35. The maximum Gasteiger partial charge on any atom is 0.157 e. The zero-order valence-corrected chi connectivity index (χ0v) is 14.9. The maximum atomic E-state index is 13.2. The Morgan fingerprint density at radius 3 is 2.72 bits per heavy atom. The van der Waals surface area contributed by atoms with Gasteiger partial charge in [0.1, 0.15) is 5.75 Å². The lowest BCUT2D eigenvalue weighted by Crippen LogP contribution is -2.52. The Morgan fingerprint density at radius 1 is 1.16 bits per heavy atom. The van der Waals surface area contributed by atoms with Gasteiger partial charge in [0, 0.05) is 19.0 Å². The molecule has 3 atom stereocenters. The molecule has 1 aliphatic carbocycles. The molecule has 3 heteroatoms. The SMILES string of the molecule is COc1ccc2c(c1)CCC1CN(Cc3ccccc3)[C@H](C)C(=O)[C@@H]21. The van der Waals surface area contributed by atoms with E-state index < -0.39 is 0 Å². The second-order valence-electron chi connectivity index (χ2n) is 7.33. The lowest BCUT2D eigenvalue weighted by molar-refractivity contribution is -0.131. The van der Waals surface area contributed by atoms with Gasteiger partial charge in [0.05, 0.1) is 13.2 Å². The van der Waals surface area contributed by atoms with Gasteiger partial charge in [0.15, 0.2) is 5.78 Å². The number of methoxy groups -OCH3 is 1. The van der Waals surface area contributed by atoms with E-state index in [1.54, 1.807) is 7.11 Å². The molecule has 1 heterocycles. The van der Waals surface area contributed by atoms with Gasteiger partial charge < -0.3 is 4.74 Å². The number of ketones is 1. The second kappa shape index (κ2) is 6.64. The van der Waals surface area contributed by atoms with Crippen molar-refractivity contribution in [3.05, 3.63) is 65.2 Å². The number of hydrogen-bond acceptors (Lipinski definition) is 3. The van der Waals surface area contributed by atoms with Crippen molar-refractivity contribution < 1.29 is 9.53 Å². The van der Waals surface area contributed by atoms with Crippen LogP contribution < -0.4 is 4.74 Å². The topological polar surface area (TPSA) is 29.5 Å². The summed E-state index contributed by atoms with van der Waals surface area (Å²) in [7, 11) is 1.70. The summed E-state index contributed by atoms with van der Waals surface area (Å²) >= 11 is 0. The molecule has 1 aliphatic heterocycles. The minimum atomic E-state index is -0.0329. The van der Waals surface area contributed by atoms with Crippen LogP contribution in [-0.2, 0) is 17.8 Å². The summed E-state index contributed by atoms with van der Waals surface area (Å²) in [6.45, 7) is 3.92. The third-order valence-corrected chi connectivity index (χ3v) is 5.90. The molecule has 2 aromatic carbocycles. The van der Waals surface area contributed by atoms with Crippen molar-refractivity contribution in [3.63, 3.8) is 0 Å². The molecule has 0 N–H and O–H groups in total. The number of nitrogens with zero attached hydrogens (tertiary/aromatic N) is 1. The van der Waals surface area contributed by atoms with Crippen LogP contribution in [0.15, 0.2) is 48.5 Å². The van der Waals surface area contributed by atoms with E-state index in [2.05, 4.69) is 48.2 Å². The Labute approximate surface area is 149 Å². The molecule has 0 aromatic heterocycles. The molecule has 2 aromatic rings. The molecule has 0 bridgehead atoms. The van der Waals surface area contributed by atoms with Crippen LogP contribution in [0.1, 0.15) is 36.0 Å². The van der Waals surface area contributed by atoms with Crippen molar-refractivity contribution in [2.75, 3.05) is 13.7 Å². The number of carbonyl (C=O) groups is 1. The number of rotatable bonds is 3. The van der Waals surface area contributed by atoms with Crippen molar-refractivity contribution in [3.8, 4) is 5.75 Å². The number of ether oxygens (including phenoxy) is 1. The normalized spacial score (nSPS) is 26.0. The van der Waals surface area contributed by atoms with Crippen LogP contribution >= 0.6 is 0 Å². The van der Waals surface area contributed by atoms with Gasteiger partial charge in [-0.05, 0) is 54.5 Å². The van der Waals surface area contributed by atoms with Gasteiger partial charge in [-0.2, -0.15) is 0 Å². The standard InChI is InChI=1S/C22H25NO2/c1-15-22(24)21-18(14-23(15)13-16-6-4-3-5-7-16)9-8-17-12-19(25-2)10-11-20(17)21/h3-7,10-12,15,18,21H,8-9,13-14H2,1-2H3/t15-,18?,21-/m1/s1. The molecule has 2 aliphatic rings. The molecular weight excluding hydrogens is 310 g/mol. The second-order valence-corrected chi connectivity index (χ2v) is 7.33. The molecule has 3 nitrogen and oxygen atoms in total. The third kappa shape index (κ3) is 2.98. The highest BCUT2D eigenvalue weighted by Gasteiger charge is 2.43. The number of piperidine rings is 1. The van der Waals surface area contributed by atoms with Gasteiger partial charge in [0.25, 0.3) is 0 Å². The monoisotopic (exact) mass is 335 g/mol. The molecule has 0 spiro atoms. The van der Waals surface area contributed by atoms with E-state index in [0.717, 1.165) is 31.7 Å². The average Bonchev–Trinajstić information content (AvgIpc) is 2.65. The Balaban J connectivity index is 1.59. The fraction of sp³-hybridized carbons (Fsp3) is 0.409. The zero-order valence-electron chi connectivity index (χ0n) is 14.9. The fourth-order valence-corrected chi connectivity index (χ4v) is 4.49. The van der Waals surface area contributed by atoms with Gasteiger partial charge in [-0.25, -0.2) is 0 Å². The predicted molar refractivity (Wildman–Crippen MR) is 98.9 cm³/mol. The van der Waals surface area contributed by atoms with Gasteiger partial charge in [0.2, 0.25) is 0 Å². The number of hydrogen-bond donors (Lipinski definition) is 0. The number of likely N-dealkylation sites (tertiary alicyclic amines) is 1. The number of Topliss-reactive ketones (excluding diaryl/α,β-unsaturated/α-hetero) is 1. The Kier molecular flexibility index (Phi) is 4.34. The quantitative estimate of drug-likeness (QED) is 0.854. The summed E-state index contributed by atoms with van der Waals surface area (Å²) in [5.41, 5.74) is 3.80. The predicted octanol–water partition coefficient (Wildman–Crippen LogP) is 3.81. The molecule has 0 amide bonds. The lowest BCUT2D eigenvalue weighted by atomic mass is 9.69. The van der Waals surface area contributed by atoms with Crippen molar-refractivity contribution in [1.29, 1.82) is 0 Å². The Hall–Kier alpha value is -2.13. The smallest absolute Gasteiger partial charge is 0.157 e. The number of fused-ring (bicyclic) bond motifs is 3. The van der Waals surface area contributed by atoms with Crippen LogP contribution in [0.2, 0.25) is 0 Å². The van der Waals surface area contributed by atoms with Gasteiger partial charge >= 0.3 is 0 Å². The molecule has 130 valence electrons. The molecule has 0 saturated carbocycles. The Bertz CT molecular complexity index is 771. The highest BCUT2D eigenvalue weighted by atomic mass is 16.5. The summed E-state index contributed by atoms with van der Waals surface area (Å²) in [6, 6.07) is 16.7. The number of aryl methyl sites for hydroxylation is 1. The first-order valence-electron chi connectivity index (χ1n) is 9.16. The van der Waals surface area contributed by atoms with E-state index in [4.69, 9.17) is 4.74 Å². The van der Waals surface area contributed by atoms with Crippen molar-refractivity contribution in [2.24, 2.45) is 5.92 Å². The summed E-state index contributed by atoms with van der Waals surface area (Å²) in [5.74, 6) is 1.74. The molecule has 0 radical (unpaired) electrons. The number of carbonyl (C=O) groups excluding carboxylic acids is 1. The maximum absolute atomic E-state index is 13.2. The van der Waals surface area contributed by atoms with E-state index in [0.29, 0.717) is 11.7 Å². The first-order chi connectivity index (χ1) is 12.2. The van der Waals surface area contributed by atoms with Gasteiger partial charge in [-0.3, -0.25) is 9.69 Å². The van der Waals surface area contributed by atoms with Gasteiger partial charge in [-0.1, -0.05) is 36.4 Å². The lowest BCUT2D eigenvalue weighted by Gasteiger charge is -2.44. The largest absolute Gasteiger partial charge is 0.497 e. The van der Waals surface area contributed by atoms with Crippen molar-refractivity contribution in [2.45, 2.75) is 38.3 Å². The summed E-state index contributed by atoms with van der Waals surface area (Å²) in [6.07, 6.45) is 2.11. The van der Waals surface area contributed by atoms with E-state index in [-0.39, 0.29) is 12.0 Å². The minimum absolute atomic E-state index is 0.0329. The van der Waals surface area contributed by atoms with Crippen molar-refractivity contribution >= 4 is 5.78 Å². The summed E-state index contributed by atoms with van der Waals surface area (Å²) in [5, 5.41) is 0. The van der Waals surface area contributed by atoms with Crippen LogP contribution in [0.5, 0.6) is 5.75 Å². The zero-order chi connectivity index (χ0) is 17.4. The average molecular weight is 335 g/mol. The minimum Gasteiger partial charge on any atom is -0.497 e. The molecular formula is C22H25NO2. The highest BCUT2D eigenvalue weighted by molar-refractivity contribution is 5.92. The number of benzene rings is 2. The van der Waals surface area contributed by atoms with E-state index in [9.17, 15) is 4.79 Å². The highest BCUT2D eigenvalue weighted by Crippen LogP contribution is 2.42. The Morgan fingerprint density at radius 2 is 1.96 bits per heavy atom. The fourth-order valence-electron chi connectivity index (χ4n) is 4.49. The molecule has 1 unspecified atom stereocenters. The molecule has 25 heavy (non-hydrogen) atoms. The van der Waals surface area contributed by atoms with Crippen molar-refractivity contribution in [1.82, 2.24) is 4.90 Å². The molecule has 4 rings (SSSR count). The first-order valence-corrected chi connectivity index (χ1v) is 9.16.